The van der Waals surface area contributed by atoms with E-state index in [9.17, 15) is 9.59 Å². The van der Waals surface area contributed by atoms with Crippen LogP contribution < -0.4 is 10.6 Å². The molecule has 1 aliphatic carbocycles. The van der Waals surface area contributed by atoms with Gasteiger partial charge in [0.2, 0.25) is 0 Å². The Kier molecular flexibility index (Phi) is 5.62. The molecule has 0 aromatic heterocycles. The summed E-state index contributed by atoms with van der Waals surface area (Å²) in [6.07, 6.45) is 4.36. The van der Waals surface area contributed by atoms with E-state index in [1.807, 2.05) is 18.2 Å². The number of hydrogen-bond donors (Lipinski definition) is 2. The molecule has 1 aromatic carbocycles. The topological polar surface area (TPSA) is 58.2 Å². The van der Waals surface area contributed by atoms with Crippen LogP contribution in [-0.2, 0) is 16.1 Å². The van der Waals surface area contributed by atoms with Crippen LogP contribution in [0.4, 0.5) is 0 Å². The van der Waals surface area contributed by atoms with Crippen molar-refractivity contribution in [2.45, 2.75) is 45.2 Å². The van der Waals surface area contributed by atoms with Crippen molar-refractivity contribution in [1.29, 1.82) is 0 Å². The standard InChI is InChI=1S/C16H21ClN2O2/c1-11-6-2-5-9-14(11)19-16(21)15(20)18-10-12-7-3-4-8-13(12)17/h3-4,7-8,11,14H,2,5-6,9-10H2,1H3,(H,18,20)(H,19,21)/t11-,14-/m1/s1. The molecule has 114 valence electrons. The van der Waals surface area contributed by atoms with Crippen molar-refractivity contribution in [2.75, 3.05) is 0 Å². The normalized spacial score (nSPS) is 21.6. The third-order valence-corrected chi connectivity index (χ3v) is 4.40. The maximum absolute atomic E-state index is 11.9. The number of carbonyl (C=O) groups is 2. The van der Waals surface area contributed by atoms with Gasteiger partial charge in [-0.05, 0) is 30.4 Å². The summed E-state index contributed by atoms with van der Waals surface area (Å²) in [4.78, 5) is 23.7. The van der Waals surface area contributed by atoms with E-state index in [4.69, 9.17) is 11.6 Å². The van der Waals surface area contributed by atoms with Gasteiger partial charge < -0.3 is 10.6 Å². The quantitative estimate of drug-likeness (QED) is 0.843. The van der Waals surface area contributed by atoms with Crippen LogP contribution in [0.3, 0.4) is 0 Å². The summed E-state index contributed by atoms with van der Waals surface area (Å²) in [6.45, 7) is 2.37. The van der Waals surface area contributed by atoms with Gasteiger partial charge in [0.15, 0.2) is 0 Å². The first kappa shape index (κ1) is 15.8. The Morgan fingerprint density at radius 1 is 1.19 bits per heavy atom. The van der Waals surface area contributed by atoms with Crippen molar-refractivity contribution < 1.29 is 9.59 Å². The second kappa shape index (κ2) is 7.46. The molecule has 4 nitrogen and oxygen atoms in total. The fourth-order valence-corrected chi connectivity index (χ4v) is 2.86. The molecule has 0 saturated heterocycles. The number of benzene rings is 1. The van der Waals surface area contributed by atoms with Gasteiger partial charge in [-0.3, -0.25) is 9.59 Å². The molecule has 2 atom stereocenters. The summed E-state index contributed by atoms with van der Waals surface area (Å²) in [5, 5.41) is 6.03. The van der Waals surface area contributed by atoms with E-state index in [1.54, 1.807) is 6.07 Å². The molecule has 5 heteroatoms. The molecule has 0 aliphatic heterocycles. The van der Waals surface area contributed by atoms with Crippen molar-refractivity contribution in [2.24, 2.45) is 5.92 Å². The van der Waals surface area contributed by atoms with Gasteiger partial charge >= 0.3 is 11.8 Å². The Balaban J connectivity index is 1.82. The maximum atomic E-state index is 11.9. The van der Waals surface area contributed by atoms with Gasteiger partial charge in [0.05, 0.1) is 0 Å². The molecule has 0 unspecified atom stereocenters. The van der Waals surface area contributed by atoms with E-state index in [-0.39, 0.29) is 12.6 Å². The Bertz CT molecular complexity index is 519. The second-order valence-corrected chi connectivity index (χ2v) is 6.02. The summed E-state index contributed by atoms with van der Waals surface area (Å²) < 4.78 is 0. The second-order valence-electron chi connectivity index (χ2n) is 5.62. The SMILES string of the molecule is C[C@@H]1CCCC[C@H]1NC(=O)C(=O)NCc1ccccc1Cl. The summed E-state index contributed by atoms with van der Waals surface area (Å²) >= 11 is 6.01. The highest BCUT2D eigenvalue weighted by Crippen LogP contribution is 2.23. The predicted molar refractivity (Wildman–Crippen MR) is 82.9 cm³/mol. The molecule has 21 heavy (non-hydrogen) atoms. The first-order valence-corrected chi connectivity index (χ1v) is 7.78. The largest absolute Gasteiger partial charge is 0.345 e. The molecule has 1 aromatic rings. The van der Waals surface area contributed by atoms with Crippen LogP contribution in [0, 0.1) is 5.92 Å². The smallest absolute Gasteiger partial charge is 0.309 e. The summed E-state index contributed by atoms with van der Waals surface area (Å²) in [6, 6.07) is 7.36. The van der Waals surface area contributed by atoms with E-state index in [0.717, 1.165) is 24.8 Å². The average Bonchev–Trinajstić information content (AvgIpc) is 2.48. The lowest BCUT2D eigenvalue weighted by Gasteiger charge is -2.29. The lowest BCUT2D eigenvalue weighted by Crippen LogP contribution is -2.47. The molecule has 0 heterocycles. The first-order chi connectivity index (χ1) is 10.1. The zero-order chi connectivity index (χ0) is 15.2. The third kappa shape index (κ3) is 4.46. The molecule has 0 radical (unpaired) electrons. The number of halogens is 1. The van der Waals surface area contributed by atoms with Gasteiger partial charge in [-0.1, -0.05) is 49.6 Å². The highest BCUT2D eigenvalue weighted by atomic mass is 35.5. The van der Waals surface area contributed by atoms with Gasteiger partial charge in [-0.25, -0.2) is 0 Å². The number of amides is 2. The molecule has 1 aliphatic rings. The average molecular weight is 309 g/mol. The molecule has 2 amide bonds. The fourth-order valence-electron chi connectivity index (χ4n) is 2.66. The number of rotatable bonds is 3. The Labute approximate surface area is 130 Å². The number of nitrogens with one attached hydrogen (secondary N) is 2. The van der Waals surface area contributed by atoms with E-state index < -0.39 is 11.8 Å². The van der Waals surface area contributed by atoms with Crippen LogP contribution in [0.25, 0.3) is 0 Å². The summed E-state index contributed by atoms with van der Waals surface area (Å²) in [7, 11) is 0. The third-order valence-electron chi connectivity index (χ3n) is 4.03. The van der Waals surface area contributed by atoms with Crippen LogP contribution in [0.2, 0.25) is 5.02 Å². The van der Waals surface area contributed by atoms with Gasteiger partial charge in [0, 0.05) is 17.6 Å². The van der Waals surface area contributed by atoms with Crippen molar-refractivity contribution >= 4 is 23.4 Å². The highest BCUT2D eigenvalue weighted by molar-refractivity contribution is 6.35. The van der Waals surface area contributed by atoms with Crippen molar-refractivity contribution in [3.8, 4) is 0 Å². The molecule has 2 rings (SSSR count). The lowest BCUT2D eigenvalue weighted by atomic mass is 9.86. The minimum atomic E-state index is -0.604. The predicted octanol–water partition coefficient (Wildman–Crippen LogP) is 2.65. The summed E-state index contributed by atoms with van der Waals surface area (Å²) in [5.74, 6) is -0.729. The van der Waals surface area contributed by atoms with Crippen molar-refractivity contribution in [3.05, 3.63) is 34.9 Å². The molecular formula is C16H21ClN2O2. The monoisotopic (exact) mass is 308 g/mol. The van der Waals surface area contributed by atoms with E-state index >= 15 is 0 Å². The molecule has 2 N–H and O–H groups in total. The van der Waals surface area contributed by atoms with E-state index in [0.29, 0.717) is 10.9 Å². The van der Waals surface area contributed by atoms with Crippen LogP contribution in [0.15, 0.2) is 24.3 Å². The molecule has 0 bridgehead atoms. The maximum Gasteiger partial charge on any atom is 0.309 e. The van der Waals surface area contributed by atoms with Gasteiger partial charge in [0.25, 0.3) is 0 Å². The minimum Gasteiger partial charge on any atom is -0.345 e. The van der Waals surface area contributed by atoms with Crippen LogP contribution in [0.5, 0.6) is 0 Å². The molecular weight excluding hydrogens is 288 g/mol. The van der Waals surface area contributed by atoms with Gasteiger partial charge in [0.1, 0.15) is 0 Å². The minimum absolute atomic E-state index is 0.109. The van der Waals surface area contributed by atoms with Crippen molar-refractivity contribution in [1.82, 2.24) is 10.6 Å². The Hall–Kier alpha value is -1.55. The fraction of sp³-hybridized carbons (Fsp3) is 0.500. The van der Waals surface area contributed by atoms with E-state index in [1.165, 1.54) is 6.42 Å². The number of carbonyl (C=O) groups excluding carboxylic acids is 2. The summed E-state index contributed by atoms with van der Waals surface area (Å²) in [5.41, 5.74) is 0.798. The van der Waals surface area contributed by atoms with Crippen LogP contribution in [0.1, 0.15) is 38.2 Å². The molecule has 0 spiro atoms. The lowest BCUT2D eigenvalue weighted by molar-refractivity contribution is -0.140. The zero-order valence-corrected chi connectivity index (χ0v) is 13.0. The van der Waals surface area contributed by atoms with Crippen LogP contribution in [-0.4, -0.2) is 17.9 Å². The zero-order valence-electron chi connectivity index (χ0n) is 12.2. The number of hydrogen-bond acceptors (Lipinski definition) is 2. The van der Waals surface area contributed by atoms with Gasteiger partial charge in [-0.15, -0.1) is 0 Å². The van der Waals surface area contributed by atoms with Gasteiger partial charge in [-0.2, -0.15) is 0 Å². The first-order valence-electron chi connectivity index (χ1n) is 7.40. The van der Waals surface area contributed by atoms with Crippen LogP contribution >= 0.6 is 11.6 Å². The highest BCUT2D eigenvalue weighted by Gasteiger charge is 2.25. The Morgan fingerprint density at radius 3 is 2.62 bits per heavy atom. The molecule has 1 saturated carbocycles. The van der Waals surface area contributed by atoms with Crippen molar-refractivity contribution in [3.63, 3.8) is 0 Å². The molecule has 1 fully saturated rings. The van der Waals surface area contributed by atoms with E-state index in [2.05, 4.69) is 17.6 Å². The Morgan fingerprint density at radius 2 is 1.90 bits per heavy atom.